The number of likely N-dealkylation sites (N-methyl/N-ethyl adjacent to an activating group) is 1. The maximum absolute atomic E-state index is 14.0. The summed E-state index contributed by atoms with van der Waals surface area (Å²) < 4.78 is 11.8. The van der Waals surface area contributed by atoms with Gasteiger partial charge in [-0.05, 0) is 79.8 Å². The van der Waals surface area contributed by atoms with Gasteiger partial charge in [0.1, 0.15) is 17.2 Å². The number of rotatable bonds is 5. The van der Waals surface area contributed by atoms with Crippen LogP contribution in [0.2, 0.25) is 0 Å². The fourth-order valence-electron chi connectivity index (χ4n) is 6.55. The summed E-state index contributed by atoms with van der Waals surface area (Å²) in [6, 6.07) is 17.5. The predicted molar refractivity (Wildman–Crippen MR) is 154 cm³/mol. The Kier molecular flexibility index (Phi) is 7.19. The van der Waals surface area contributed by atoms with Gasteiger partial charge >= 0.3 is 0 Å². The number of ether oxygens (including phenoxy) is 2. The summed E-state index contributed by atoms with van der Waals surface area (Å²) in [5, 5.41) is 0. The van der Waals surface area contributed by atoms with Crippen LogP contribution in [-0.2, 0) is 16.0 Å². The Labute approximate surface area is 235 Å². The molecule has 1 unspecified atom stereocenters. The van der Waals surface area contributed by atoms with E-state index in [2.05, 4.69) is 28.1 Å². The number of primary amides is 1. The molecule has 3 aromatic rings. The summed E-state index contributed by atoms with van der Waals surface area (Å²) in [6.45, 7) is 3.77. The molecule has 2 saturated heterocycles. The number of amides is 2. The summed E-state index contributed by atoms with van der Waals surface area (Å²) in [5.41, 5.74) is 9.84. The molecule has 0 aliphatic carbocycles. The summed E-state index contributed by atoms with van der Waals surface area (Å²) in [5.74, 6) is -0.385. The minimum atomic E-state index is -0.680. The van der Waals surface area contributed by atoms with Crippen molar-refractivity contribution in [2.75, 3.05) is 43.2 Å². The quantitative estimate of drug-likeness (QED) is 0.486. The Hall–Kier alpha value is -3.91. The molecule has 6 rings (SSSR count). The van der Waals surface area contributed by atoms with Crippen LogP contribution in [0.5, 0.6) is 11.5 Å². The smallest absolute Gasteiger partial charge is 0.267 e. The third kappa shape index (κ3) is 5.04. The minimum Gasteiger partial charge on any atom is -0.457 e. The Balaban J connectivity index is 1.28. The van der Waals surface area contributed by atoms with Crippen LogP contribution >= 0.6 is 0 Å². The van der Waals surface area contributed by atoms with E-state index in [1.807, 2.05) is 37.4 Å². The predicted octanol–water partition coefficient (Wildman–Crippen LogP) is 5.06. The molecule has 1 atom stereocenters. The van der Waals surface area contributed by atoms with Gasteiger partial charge in [-0.3, -0.25) is 14.6 Å². The maximum atomic E-state index is 14.0. The molecule has 1 spiro atoms. The molecule has 4 heterocycles. The van der Waals surface area contributed by atoms with Gasteiger partial charge in [-0.1, -0.05) is 24.3 Å². The number of benzene rings is 2. The van der Waals surface area contributed by atoms with E-state index in [0.29, 0.717) is 35.3 Å². The van der Waals surface area contributed by atoms with Crippen molar-refractivity contribution in [3.63, 3.8) is 0 Å². The second-order valence-electron chi connectivity index (χ2n) is 11.3. The molecule has 8 nitrogen and oxygen atoms in total. The molecule has 3 aliphatic rings. The second-order valence-corrected chi connectivity index (χ2v) is 11.3. The number of carbonyl (C=O) groups excluding carboxylic acids is 2. The van der Waals surface area contributed by atoms with Gasteiger partial charge in [-0.2, -0.15) is 0 Å². The number of carbonyl (C=O) groups is 2. The van der Waals surface area contributed by atoms with Gasteiger partial charge < -0.3 is 25.0 Å². The van der Waals surface area contributed by atoms with Crippen LogP contribution < -0.4 is 20.3 Å². The van der Waals surface area contributed by atoms with Crippen LogP contribution in [0, 0.1) is 5.41 Å². The first-order chi connectivity index (χ1) is 19.4. The molecule has 2 aromatic carbocycles. The van der Waals surface area contributed by atoms with Crippen molar-refractivity contribution in [1.29, 1.82) is 0 Å². The van der Waals surface area contributed by atoms with Crippen LogP contribution in [0.1, 0.15) is 59.6 Å². The molecule has 0 bridgehead atoms. The molecule has 40 heavy (non-hydrogen) atoms. The average molecular weight is 541 g/mol. The molecule has 0 saturated carbocycles. The monoisotopic (exact) mass is 540 g/mol. The highest BCUT2D eigenvalue weighted by molar-refractivity contribution is 6.02. The lowest BCUT2D eigenvalue weighted by Gasteiger charge is -2.45. The molecule has 208 valence electrons. The first kappa shape index (κ1) is 26.3. The van der Waals surface area contributed by atoms with E-state index in [9.17, 15) is 9.59 Å². The number of nitrogens with two attached hydrogens (primary N) is 1. The van der Waals surface area contributed by atoms with Gasteiger partial charge in [-0.25, -0.2) is 0 Å². The highest BCUT2D eigenvalue weighted by Crippen LogP contribution is 2.43. The molecule has 0 radical (unpaired) electrons. The topological polar surface area (TPSA) is 98.0 Å². The number of hydrogen-bond acceptors (Lipinski definition) is 6. The molecule has 1 aromatic heterocycles. The van der Waals surface area contributed by atoms with E-state index in [1.165, 1.54) is 19.0 Å². The van der Waals surface area contributed by atoms with E-state index in [4.69, 9.17) is 15.2 Å². The Morgan fingerprint density at radius 1 is 1.05 bits per heavy atom. The maximum Gasteiger partial charge on any atom is 0.267 e. The van der Waals surface area contributed by atoms with E-state index >= 15 is 0 Å². The Morgan fingerprint density at radius 2 is 1.80 bits per heavy atom. The van der Waals surface area contributed by atoms with E-state index in [0.717, 1.165) is 56.1 Å². The standard InChI is InChI=1S/C32H36N4O4/c1-35-26-21-23(36-17-12-32(13-18-36)14-19-39-20-15-32)9-7-22(26)8-10-25(31(35)38)28-27(11-16-34-29(28)30(33)37)40-24-5-3-2-4-6-24/h2-7,9,11,16,21,25H,8,10,12-15,17-20H2,1H3,(H2,33,37). The third-order valence-corrected chi connectivity index (χ3v) is 9.01. The number of nitrogens with zero attached hydrogens (tertiary/aromatic N) is 3. The largest absolute Gasteiger partial charge is 0.457 e. The molecule has 3 aliphatic heterocycles. The molecular weight excluding hydrogens is 504 g/mol. The van der Waals surface area contributed by atoms with Crippen molar-refractivity contribution in [2.24, 2.45) is 11.1 Å². The zero-order valence-electron chi connectivity index (χ0n) is 23.0. The van der Waals surface area contributed by atoms with Crippen LogP contribution in [0.3, 0.4) is 0 Å². The van der Waals surface area contributed by atoms with Crippen LogP contribution in [0.4, 0.5) is 11.4 Å². The SMILES string of the molecule is CN1C(=O)C(c2c(Oc3ccccc3)ccnc2C(N)=O)CCc2ccc(N3CCC4(CCOCC4)CC3)cc21. The van der Waals surface area contributed by atoms with Crippen LogP contribution in [-0.4, -0.2) is 50.1 Å². The lowest BCUT2D eigenvalue weighted by Crippen LogP contribution is -2.43. The van der Waals surface area contributed by atoms with E-state index in [-0.39, 0.29) is 11.6 Å². The zero-order valence-corrected chi connectivity index (χ0v) is 23.0. The fourth-order valence-corrected chi connectivity index (χ4v) is 6.55. The number of para-hydroxylation sites is 1. The normalized spacial score (nSPS) is 20.6. The molecule has 8 heteroatoms. The number of aryl methyl sites for hydroxylation is 1. The Morgan fingerprint density at radius 3 is 2.52 bits per heavy atom. The minimum absolute atomic E-state index is 0.0715. The average Bonchev–Trinajstić information content (AvgIpc) is 3.10. The highest BCUT2D eigenvalue weighted by atomic mass is 16.5. The van der Waals surface area contributed by atoms with Crippen molar-refractivity contribution in [3.8, 4) is 11.5 Å². The lowest BCUT2D eigenvalue weighted by molar-refractivity contribution is -0.119. The summed E-state index contributed by atoms with van der Waals surface area (Å²) in [6.07, 6.45) is 7.34. The molecule has 2 fully saturated rings. The van der Waals surface area contributed by atoms with E-state index < -0.39 is 11.8 Å². The lowest BCUT2D eigenvalue weighted by atomic mass is 9.72. The van der Waals surface area contributed by atoms with Gasteiger partial charge in [-0.15, -0.1) is 0 Å². The third-order valence-electron chi connectivity index (χ3n) is 9.01. The van der Waals surface area contributed by atoms with E-state index in [1.54, 1.807) is 11.0 Å². The van der Waals surface area contributed by atoms with Gasteiger partial charge in [0.25, 0.3) is 5.91 Å². The van der Waals surface area contributed by atoms with Crippen LogP contribution in [0.15, 0.2) is 60.8 Å². The Bertz CT molecular complexity index is 1390. The van der Waals surface area contributed by atoms with Gasteiger partial charge in [0.15, 0.2) is 0 Å². The van der Waals surface area contributed by atoms with Crippen molar-refractivity contribution in [3.05, 3.63) is 77.6 Å². The van der Waals surface area contributed by atoms with Gasteiger partial charge in [0, 0.05) is 56.5 Å². The molecule has 2 N–H and O–H groups in total. The van der Waals surface area contributed by atoms with Gasteiger partial charge in [0.05, 0.1) is 5.92 Å². The fraction of sp³-hybridized carbons (Fsp3) is 0.406. The zero-order chi connectivity index (χ0) is 27.7. The first-order valence-electron chi connectivity index (χ1n) is 14.2. The van der Waals surface area contributed by atoms with Crippen molar-refractivity contribution in [2.45, 2.75) is 44.4 Å². The van der Waals surface area contributed by atoms with Crippen molar-refractivity contribution >= 4 is 23.2 Å². The van der Waals surface area contributed by atoms with Crippen LogP contribution in [0.25, 0.3) is 0 Å². The van der Waals surface area contributed by atoms with Crippen molar-refractivity contribution < 1.29 is 19.1 Å². The number of anilines is 2. The summed E-state index contributed by atoms with van der Waals surface area (Å²) >= 11 is 0. The number of aromatic nitrogens is 1. The number of fused-ring (bicyclic) bond motifs is 1. The summed E-state index contributed by atoms with van der Waals surface area (Å²) in [7, 11) is 1.81. The van der Waals surface area contributed by atoms with Crippen molar-refractivity contribution in [1.82, 2.24) is 4.98 Å². The highest BCUT2D eigenvalue weighted by Gasteiger charge is 2.37. The number of pyridine rings is 1. The molecule has 2 amide bonds. The van der Waals surface area contributed by atoms with Gasteiger partial charge in [0.2, 0.25) is 5.91 Å². The second kappa shape index (κ2) is 10.9. The summed E-state index contributed by atoms with van der Waals surface area (Å²) in [4.78, 5) is 34.9. The number of piperidine rings is 1. The molecular formula is C32H36N4O4. The first-order valence-corrected chi connectivity index (χ1v) is 14.2. The number of hydrogen-bond donors (Lipinski definition) is 1.